The SMILES string of the molecule is C/C=C/C=C/C(=O)NCc1ccc2c(c1)CCCN2C. The molecule has 3 nitrogen and oxygen atoms in total. The van der Waals surface area contributed by atoms with Crippen LogP contribution in [0.25, 0.3) is 0 Å². The zero-order valence-corrected chi connectivity index (χ0v) is 12.2. The number of fused-ring (bicyclic) bond motifs is 1. The maximum absolute atomic E-state index is 11.6. The van der Waals surface area contributed by atoms with Crippen molar-refractivity contribution < 1.29 is 4.79 Å². The van der Waals surface area contributed by atoms with E-state index in [1.54, 1.807) is 12.2 Å². The Kier molecular flexibility index (Phi) is 4.99. The van der Waals surface area contributed by atoms with Gasteiger partial charge < -0.3 is 10.2 Å². The van der Waals surface area contributed by atoms with Gasteiger partial charge in [-0.3, -0.25) is 4.79 Å². The van der Waals surface area contributed by atoms with Crippen molar-refractivity contribution in [1.82, 2.24) is 5.32 Å². The van der Waals surface area contributed by atoms with Crippen molar-refractivity contribution in [2.24, 2.45) is 0 Å². The summed E-state index contributed by atoms with van der Waals surface area (Å²) in [4.78, 5) is 13.9. The predicted octanol–water partition coefficient (Wildman–Crippen LogP) is 2.82. The Morgan fingerprint density at radius 1 is 1.40 bits per heavy atom. The molecule has 106 valence electrons. The van der Waals surface area contributed by atoms with Crippen LogP contribution in [-0.2, 0) is 17.8 Å². The van der Waals surface area contributed by atoms with Crippen LogP contribution in [0.4, 0.5) is 5.69 Å². The van der Waals surface area contributed by atoms with Crippen LogP contribution in [0.5, 0.6) is 0 Å². The molecule has 0 saturated heterocycles. The first-order valence-corrected chi connectivity index (χ1v) is 7.11. The maximum atomic E-state index is 11.6. The van der Waals surface area contributed by atoms with Gasteiger partial charge in [0.25, 0.3) is 0 Å². The summed E-state index contributed by atoms with van der Waals surface area (Å²) in [6, 6.07) is 6.46. The number of hydrogen-bond donors (Lipinski definition) is 1. The number of carbonyl (C=O) groups is 1. The summed E-state index contributed by atoms with van der Waals surface area (Å²) in [5.41, 5.74) is 3.86. The molecule has 0 aliphatic carbocycles. The highest BCUT2D eigenvalue weighted by Crippen LogP contribution is 2.26. The number of aryl methyl sites for hydroxylation is 1. The molecule has 1 amide bonds. The summed E-state index contributed by atoms with van der Waals surface area (Å²) in [7, 11) is 2.13. The van der Waals surface area contributed by atoms with Crippen LogP contribution in [-0.4, -0.2) is 19.5 Å². The normalized spacial score (nSPS) is 14.8. The van der Waals surface area contributed by atoms with E-state index in [1.807, 2.05) is 19.1 Å². The highest BCUT2D eigenvalue weighted by molar-refractivity contribution is 5.87. The Labute approximate surface area is 121 Å². The van der Waals surface area contributed by atoms with E-state index in [0.29, 0.717) is 6.54 Å². The van der Waals surface area contributed by atoms with Crippen LogP contribution < -0.4 is 10.2 Å². The second-order valence-corrected chi connectivity index (χ2v) is 5.09. The van der Waals surface area contributed by atoms with Gasteiger partial charge in [-0.15, -0.1) is 0 Å². The van der Waals surface area contributed by atoms with E-state index in [9.17, 15) is 4.79 Å². The quantitative estimate of drug-likeness (QED) is 0.674. The van der Waals surface area contributed by atoms with Crippen molar-refractivity contribution in [3.8, 4) is 0 Å². The van der Waals surface area contributed by atoms with Crippen molar-refractivity contribution in [2.45, 2.75) is 26.3 Å². The Balaban J connectivity index is 1.95. The monoisotopic (exact) mass is 270 g/mol. The van der Waals surface area contributed by atoms with Crippen molar-refractivity contribution in [3.05, 3.63) is 53.6 Å². The largest absolute Gasteiger partial charge is 0.374 e. The number of anilines is 1. The first kappa shape index (κ1) is 14.4. The van der Waals surface area contributed by atoms with Crippen LogP contribution >= 0.6 is 0 Å². The molecule has 0 saturated carbocycles. The lowest BCUT2D eigenvalue weighted by molar-refractivity contribution is -0.116. The molecular formula is C17H22N2O. The number of allylic oxidation sites excluding steroid dienone is 3. The van der Waals surface area contributed by atoms with Crippen molar-refractivity contribution in [3.63, 3.8) is 0 Å². The lowest BCUT2D eigenvalue weighted by atomic mass is 9.99. The summed E-state index contributed by atoms with van der Waals surface area (Å²) in [5, 5.41) is 2.90. The summed E-state index contributed by atoms with van der Waals surface area (Å²) in [6.45, 7) is 3.63. The molecule has 1 aromatic rings. The first-order chi connectivity index (χ1) is 9.70. The van der Waals surface area contributed by atoms with Crippen molar-refractivity contribution in [1.29, 1.82) is 0 Å². The third-order valence-electron chi connectivity index (χ3n) is 3.51. The highest BCUT2D eigenvalue weighted by atomic mass is 16.1. The molecule has 20 heavy (non-hydrogen) atoms. The van der Waals surface area contributed by atoms with Crippen LogP contribution in [0, 0.1) is 0 Å². The fourth-order valence-electron chi connectivity index (χ4n) is 2.45. The lowest BCUT2D eigenvalue weighted by Crippen LogP contribution is -2.25. The molecule has 1 aliphatic rings. The third-order valence-corrected chi connectivity index (χ3v) is 3.51. The van der Waals surface area contributed by atoms with Gasteiger partial charge in [0, 0.05) is 31.9 Å². The summed E-state index contributed by atoms with van der Waals surface area (Å²) in [6.07, 6.45) is 9.36. The molecule has 3 heteroatoms. The van der Waals surface area contributed by atoms with Gasteiger partial charge in [0.15, 0.2) is 0 Å². The molecule has 0 radical (unpaired) electrons. The van der Waals surface area contributed by atoms with Crippen LogP contribution in [0.1, 0.15) is 24.5 Å². The van der Waals surface area contributed by atoms with E-state index in [4.69, 9.17) is 0 Å². The van der Waals surface area contributed by atoms with Gasteiger partial charge in [-0.25, -0.2) is 0 Å². The average molecular weight is 270 g/mol. The number of benzene rings is 1. The number of rotatable bonds is 4. The van der Waals surface area contributed by atoms with Gasteiger partial charge in [-0.1, -0.05) is 30.4 Å². The highest BCUT2D eigenvalue weighted by Gasteiger charge is 2.13. The molecule has 0 fully saturated rings. The van der Waals surface area contributed by atoms with Crippen LogP contribution in [0.3, 0.4) is 0 Å². The summed E-state index contributed by atoms with van der Waals surface area (Å²) in [5.74, 6) is -0.0575. The molecule has 0 aromatic heterocycles. The van der Waals surface area contributed by atoms with E-state index < -0.39 is 0 Å². The zero-order chi connectivity index (χ0) is 14.4. The van der Waals surface area contributed by atoms with Gasteiger partial charge in [0.2, 0.25) is 5.91 Å². The molecule has 1 aromatic carbocycles. The van der Waals surface area contributed by atoms with Gasteiger partial charge in [0.1, 0.15) is 0 Å². The van der Waals surface area contributed by atoms with Crippen molar-refractivity contribution in [2.75, 3.05) is 18.5 Å². The van der Waals surface area contributed by atoms with Crippen LogP contribution in [0.15, 0.2) is 42.5 Å². The first-order valence-electron chi connectivity index (χ1n) is 7.11. The molecule has 0 unspecified atom stereocenters. The second-order valence-electron chi connectivity index (χ2n) is 5.09. The number of carbonyl (C=O) groups excluding carboxylic acids is 1. The van der Waals surface area contributed by atoms with E-state index in [1.165, 1.54) is 17.7 Å². The molecule has 2 rings (SSSR count). The number of amides is 1. The Hall–Kier alpha value is -2.03. The Morgan fingerprint density at radius 2 is 2.25 bits per heavy atom. The minimum atomic E-state index is -0.0575. The molecular weight excluding hydrogens is 248 g/mol. The predicted molar refractivity (Wildman–Crippen MR) is 83.8 cm³/mol. The minimum absolute atomic E-state index is 0.0575. The van der Waals surface area contributed by atoms with Gasteiger partial charge >= 0.3 is 0 Å². The lowest BCUT2D eigenvalue weighted by Gasteiger charge is -2.27. The Bertz CT molecular complexity index is 532. The molecule has 1 aliphatic heterocycles. The third kappa shape index (κ3) is 3.73. The average Bonchev–Trinajstić information content (AvgIpc) is 2.45. The minimum Gasteiger partial charge on any atom is -0.374 e. The van der Waals surface area contributed by atoms with Crippen LogP contribution in [0.2, 0.25) is 0 Å². The summed E-state index contributed by atoms with van der Waals surface area (Å²) < 4.78 is 0. The topological polar surface area (TPSA) is 32.3 Å². The van der Waals surface area contributed by atoms with Gasteiger partial charge in [-0.05, 0) is 37.0 Å². The van der Waals surface area contributed by atoms with Gasteiger partial charge in [0.05, 0.1) is 0 Å². The fourth-order valence-corrected chi connectivity index (χ4v) is 2.45. The smallest absolute Gasteiger partial charge is 0.244 e. The van der Waals surface area contributed by atoms with E-state index in [-0.39, 0.29) is 5.91 Å². The van der Waals surface area contributed by atoms with Gasteiger partial charge in [-0.2, -0.15) is 0 Å². The van der Waals surface area contributed by atoms with E-state index in [2.05, 4.69) is 35.5 Å². The standard InChI is InChI=1S/C17H22N2O/c1-3-4-5-8-17(20)18-13-14-9-10-16-15(12-14)7-6-11-19(16)2/h3-5,8-10,12H,6-7,11,13H2,1-2H3,(H,18,20)/b4-3+,8-5+. The molecule has 1 N–H and O–H groups in total. The maximum Gasteiger partial charge on any atom is 0.244 e. The summed E-state index contributed by atoms with van der Waals surface area (Å²) >= 11 is 0. The number of hydrogen-bond acceptors (Lipinski definition) is 2. The van der Waals surface area contributed by atoms with Crippen molar-refractivity contribution >= 4 is 11.6 Å². The fraction of sp³-hybridized carbons (Fsp3) is 0.353. The number of nitrogens with zero attached hydrogens (tertiary/aromatic N) is 1. The Morgan fingerprint density at radius 3 is 3.05 bits per heavy atom. The molecule has 0 spiro atoms. The van der Waals surface area contributed by atoms with E-state index >= 15 is 0 Å². The number of nitrogens with one attached hydrogen (secondary N) is 1. The molecule has 1 heterocycles. The second kappa shape index (κ2) is 6.94. The van der Waals surface area contributed by atoms with E-state index in [0.717, 1.165) is 18.5 Å². The molecule has 0 bridgehead atoms. The molecule has 0 atom stereocenters. The zero-order valence-electron chi connectivity index (χ0n) is 12.2.